The number of fused-ring (bicyclic) bond motifs is 1. The van der Waals surface area contributed by atoms with Crippen LogP contribution in [0.3, 0.4) is 0 Å². The number of benzene rings is 2. The van der Waals surface area contributed by atoms with Crippen molar-refractivity contribution >= 4 is 39.8 Å². The van der Waals surface area contributed by atoms with Crippen LogP contribution >= 0.6 is 11.3 Å². The minimum atomic E-state index is 0.0459. The number of hydrogen-bond acceptors (Lipinski definition) is 8. The molecule has 3 aromatic heterocycles. The zero-order chi connectivity index (χ0) is 29.9. The van der Waals surface area contributed by atoms with Crippen LogP contribution in [0, 0.1) is 6.92 Å². The average molecular weight is 592 g/mol. The topological polar surface area (TPSA) is 86.3 Å². The van der Waals surface area contributed by atoms with Gasteiger partial charge in [-0.1, -0.05) is 54.6 Å². The second-order valence-corrected chi connectivity index (χ2v) is 12.6. The van der Waals surface area contributed by atoms with Gasteiger partial charge in [-0.05, 0) is 62.8 Å². The van der Waals surface area contributed by atoms with E-state index in [4.69, 9.17) is 4.98 Å². The Hall–Kier alpha value is -4.34. The number of carbonyl (C=O) groups excluding carboxylic acids is 1. The van der Waals surface area contributed by atoms with Gasteiger partial charge in [0.2, 0.25) is 5.91 Å². The summed E-state index contributed by atoms with van der Waals surface area (Å²) in [6.45, 7) is 6.42. The van der Waals surface area contributed by atoms with Crippen molar-refractivity contribution in [2.24, 2.45) is 0 Å². The van der Waals surface area contributed by atoms with Crippen LogP contribution in [0.5, 0.6) is 0 Å². The first kappa shape index (κ1) is 28.8. The van der Waals surface area contributed by atoms with E-state index in [1.54, 1.807) is 0 Å². The van der Waals surface area contributed by atoms with Gasteiger partial charge in [0.25, 0.3) is 0 Å². The Balaban J connectivity index is 1.15. The maximum atomic E-state index is 12.5. The molecule has 0 saturated carbocycles. The molecule has 1 saturated heterocycles. The van der Waals surface area contributed by atoms with E-state index in [-0.39, 0.29) is 18.0 Å². The summed E-state index contributed by atoms with van der Waals surface area (Å²) < 4.78 is 0. The lowest BCUT2D eigenvalue weighted by molar-refractivity contribution is -0.121. The lowest BCUT2D eigenvalue weighted by atomic mass is 10.1. The highest BCUT2D eigenvalue weighted by Crippen LogP contribution is 2.36. The van der Waals surface area contributed by atoms with Crippen LogP contribution in [0.2, 0.25) is 0 Å². The van der Waals surface area contributed by atoms with Gasteiger partial charge < -0.3 is 20.4 Å². The fraction of sp³-hybridized carbons (Fsp3) is 0.294. The molecule has 1 aliphatic rings. The number of anilines is 2. The van der Waals surface area contributed by atoms with Crippen molar-refractivity contribution in [1.82, 2.24) is 25.2 Å². The maximum Gasteiger partial charge on any atom is 0.224 e. The minimum Gasteiger partial charge on any atom is -0.362 e. The highest BCUT2D eigenvalue weighted by Gasteiger charge is 2.29. The molecule has 1 atom stereocenters. The summed E-state index contributed by atoms with van der Waals surface area (Å²) in [4.78, 5) is 33.5. The molecule has 1 fully saturated rings. The van der Waals surface area contributed by atoms with Crippen LogP contribution < -0.4 is 15.5 Å². The Morgan fingerprint density at radius 1 is 1.05 bits per heavy atom. The molecule has 0 spiro atoms. The van der Waals surface area contributed by atoms with Gasteiger partial charge in [-0.3, -0.25) is 4.79 Å². The van der Waals surface area contributed by atoms with Crippen LogP contribution in [-0.2, 0) is 17.8 Å². The second-order valence-electron chi connectivity index (χ2n) is 11.5. The summed E-state index contributed by atoms with van der Waals surface area (Å²) in [7, 11) is 4.20. The molecular weight excluding hydrogens is 554 g/mol. The molecule has 0 radical (unpaired) electrons. The predicted octanol–water partition coefficient (Wildman–Crippen LogP) is 5.84. The Kier molecular flexibility index (Phi) is 8.35. The zero-order valence-corrected chi connectivity index (χ0v) is 25.9. The summed E-state index contributed by atoms with van der Waals surface area (Å²) in [5, 5.41) is 7.74. The van der Waals surface area contributed by atoms with Gasteiger partial charge in [0.15, 0.2) is 0 Å². The van der Waals surface area contributed by atoms with Crippen molar-refractivity contribution in [3.63, 3.8) is 0 Å². The quantitative estimate of drug-likeness (QED) is 0.211. The second kappa shape index (κ2) is 12.5. The highest BCUT2D eigenvalue weighted by molar-refractivity contribution is 7.15. The summed E-state index contributed by atoms with van der Waals surface area (Å²) >= 11 is 1.81. The number of amides is 1. The number of nitrogens with one attached hydrogen (secondary N) is 2. The molecule has 5 aromatic rings. The van der Waals surface area contributed by atoms with Gasteiger partial charge in [-0.15, -0.1) is 11.3 Å². The number of aromatic nitrogens is 3. The lowest BCUT2D eigenvalue weighted by Crippen LogP contribution is -2.60. The van der Waals surface area contributed by atoms with Gasteiger partial charge in [-0.2, -0.15) is 0 Å². The van der Waals surface area contributed by atoms with Gasteiger partial charge in [0.05, 0.1) is 30.2 Å². The monoisotopic (exact) mass is 591 g/mol. The molecule has 9 heteroatoms. The Labute approximate surface area is 256 Å². The fourth-order valence-corrected chi connectivity index (χ4v) is 6.55. The van der Waals surface area contributed by atoms with Gasteiger partial charge in [0, 0.05) is 34.8 Å². The summed E-state index contributed by atoms with van der Waals surface area (Å²) in [6, 6.07) is 25.1. The van der Waals surface area contributed by atoms with Crippen LogP contribution in [-0.4, -0.2) is 59.0 Å². The number of pyridine rings is 1. The largest absolute Gasteiger partial charge is 0.362 e. The van der Waals surface area contributed by atoms with Crippen molar-refractivity contribution in [3.8, 4) is 10.4 Å². The average Bonchev–Trinajstić information content (AvgIpc) is 3.46. The highest BCUT2D eigenvalue weighted by atomic mass is 32.1. The van der Waals surface area contributed by atoms with Crippen LogP contribution in [0.15, 0.2) is 79.0 Å². The molecule has 1 unspecified atom stereocenters. The zero-order valence-electron chi connectivity index (χ0n) is 25.0. The number of rotatable bonds is 10. The normalized spacial score (nSPS) is 14.1. The molecule has 4 heterocycles. The van der Waals surface area contributed by atoms with E-state index in [2.05, 4.69) is 93.9 Å². The lowest BCUT2D eigenvalue weighted by Gasteiger charge is -2.40. The number of thiophene rings is 1. The SMILES string of the molecule is Cc1nc(NC(C)c2ccc(-c3ccccc3CN(C)C)s2)c2cc(N3CC(NC(=O)Cc4ccccc4)C3)ncc2n1. The third kappa shape index (κ3) is 6.68. The van der Waals surface area contributed by atoms with E-state index >= 15 is 0 Å². The first-order chi connectivity index (χ1) is 20.8. The predicted molar refractivity (Wildman–Crippen MR) is 176 cm³/mol. The molecule has 0 bridgehead atoms. The number of hydrogen-bond donors (Lipinski definition) is 2. The Bertz CT molecular complexity index is 1730. The van der Waals surface area contributed by atoms with E-state index in [9.17, 15) is 4.79 Å². The summed E-state index contributed by atoms with van der Waals surface area (Å²) in [5.74, 6) is 2.41. The maximum absolute atomic E-state index is 12.5. The standard InChI is InChI=1S/C34H37N7OS/c1-22(30-14-15-31(43-30)27-13-9-8-12-25(27)19-40(3)4)36-34-28-17-32(35-18-29(28)37-23(2)38-34)41-20-26(21-41)39-33(42)16-24-10-6-5-7-11-24/h5-15,17-18,22,26H,16,19-21H2,1-4H3,(H,39,42)(H,36,37,38). The van der Waals surface area contributed by atoms with Crippen molar-refractivity contribution in [2.75, 3.05) is 37.4 Å². The van der Waals surface area contributed by atoms with Crippen molar-refractivity contribution in [1.29, 1.82) is 0 Å². The number of carbonyl (C=O) groups is 1. The summed E-state index contributed by atoms with van der Waals surface area (Å²) in [5.41, 5.74) is 4.43. The Morgan fingerprint density at radius 3 is 2.60 bits per heavy atom. The van der Waals surface area contributed by atoms with Crippen LogP contribution in [0.25, 0.3) is 21.3 Å². The molecule has 6 rings (SSSR count). The third-order valence-corrected chi connectivity index (χ3v) is 8.94. The van der Waals surface area contributed by atoms with E-state index < -0.39 is 0 Å². The molecule has 2 N–H and O–H groups in total. The molecule has 220 valence electrons. The number of nitrogens with zero attached hydrogens (tertiary/aromatic N) is 5. The van der Waals surface area contributed by atoms with Gasteiger partial charge in [0.1, 0.15) is 17.5 Å². The van der Waals surface area contributed by atoms with E-state index in [1.807, 2.05) is 54.8 Å². The van der Waals surface area contributed by atoms with Crippen LogP contribution in [0.4, 0.5) is 11.6 Å². The van der Waals surface area contributed by atoms with Crippen LogP contribution in [0.1, 0.15) is 34.8 Å². The summed E-state index contributed by atoms with van der Waals surface area (Å²) in [6.07, 6.45) is 2.21. The smallest absolute Gasteiger partial charge is 0.224 e. The Morgan fingerprint density at radius 2 is 1.81 bits per heavy atom. The van der Waals surface area contributed by atoms with Gasteiger partial charge in [-0.25, -0.2) is 15.0 Å². The van der Waals surface area contributed by atoms with E-state index in [1.165, 1.54) is 20.9 Å². The van der Waals surface area contributed by atoms with E-state index in [0.29, 0.717) is 12.2 Å². The molecule has 1 aliphatic heterocycles. The van der Waals surface area contributed by atoms with Crippen molar-refractivity contribution < 1.29 is 4.79 Å². The van der Waals surface area contributed by atoms with E-state index in [0.717, 1.165) is 47.7 Å². The first-order valence-corrected chi connectivity index (χ1v) is 15.5. The van der Waals surface area contributed by atoms with Crippen molar-refractivity contribution in [2.45, 2.75) is 38.9 Å². The molecule has 43 heavy (non-hydrogen) atoms. The molecule has 0 aliphatic carbocycles. The minimum absolute atomic E-state index is 0.0459. The van der Waals surface area contributed by atoms with Crippen molar-refractivity contribution in [3.05, 3.63) is 101 Å². The fourth-order valence-electron chi connectivity index (χ4n) is 5.48. The molecule has 8 nitrogen and oxygen atoms in total. The van der Waals surface area contributed by atoms with Gasteiger partial charge >= 0.3 is 0 Å². The first-order valence-electron chi connectivity index (χ1n) is 14.6. The molecular formula is C34H37N7OS. The third-order valence-electron chi connectivity index (χ3n) is 7.63. The molecule has 1 amide bonds. The molecule has 2 aromatic carbocycles. The number of aryl methyl sites for hydroxylation is 1.